The summed E-state index contributed by atoms with van der Waals surface area (Å²) in [6, 6.07) is -1.08. The minimum Gasteiger partial charge on any atom is -0.469 e. The van der Waals surface area contributed by atoms with E-state index in [0.29, 0.717) is 13.1 Å². The fourth-order valence-corrected chi connectivity index (χ4v) is 5.21. The van der Waals surface area contributed by atoms with Gasteiger partial charge >= 0.3 is 18.2 Å². The molecule has 11 nitrogen and oxygen atoms in total. The van der Waals surface area contributed by atoms with Crippen LogP contribution in [0.1, 0.15) is 86.5 Å². The van der Waals surface area contributed by atoms with Gasteiger partial charge in [0, 0.05) is 31.5 Å². The van der Waals surface area contributed by atoms with E-state index in [4.69, 9.17) is 19.9 Å². The molecule has 0 heterocycles. The fraction of sp³-hybridized carbons (Fsp3) is 0.852. The van der Waals surface area contributed by atoms with E-state index in [1.165, 1.54) is 14.0 Å². The normalized spacial score (nSPS) is 21.9. The number of alkyl carbamates (subject to hydrolysis) is 2. The predicted octanol–water partition coefficient (Wildman–Crippen LogP) is 3.24. The van der Waals surface area contributed by atoms with Crippen molar-refractivity contribution in [2.24, 2.45) is 23.5 Å². The summed E-state index contributed by atoms with van der Waals surface area (Å²) in [5, 5.41) is 8.67. The molecule has 1 aliphatic rings. The van der Waals surface area contributed by atoms with Gasteiger partial charge in [0.25, 0.3) is 0 Å². The van der Waals surface area contributed by atoms with Crippen LogP contribution >= 0.6 is 0 Å². The summed E-state index contributed by atoms with van der Waals surface area (Å²) in [5.74, 6) is -2.20. The molecule has 220 valence electrons. The molecule has 1 fully saturated rings. The third-order valence-corrected chi connectivity index (χ3v) is 6.94. The van der Waals surface area contributed by atoms with Gasteiger partial charge in [0.2, 0.25) is 5.91 Å². The number of ether oxygens (including phenoxy) is 3. The van der Waals surface area contributed by atoms with Crippen LogP contribution in [-0.4, -0.2) is 68.1 Å². The van der Waals surface area contributed by atoms with E-state index in [9.17, 15) is 19.2 Å². The number of nitrogens with two attached hydrogens (primary N) is 1. The number of nitrogens with one attached hydrogen (secondary N) is 3. The molecule has 0 aromatic rings. The van der Waals surface area contributed by atoms with Gasteiger partial charge in [-0.3, -0.25) is 9.59 Å². The zero-order valence-corrected chi connectivity index (χ0v) is 24.3. The Morgan fingerprint density at radius 2 is 1.63 bits per heavy atom. The van der Waals surface area contributed by atoms with E-state index < -0.39 is 53.8 Å². The molecule has 0 aromatic heterocycles. The summed E-state index contributed by atoms with van der Waals surface area (Å²) < 4.78 is 16.4. The molecule has 0 radical (unpaired) electrons. The van der Waals surface area contributed by atoms with E-state index in [1.54, 1.807) is 20.8 Å². The first-order valence-corrected chi connectivity index (χ1v) is 13.9. The number of rotatable bonds is 14. The van der Waals surface area contributed by atoms with Crippen molar-refractivity contribution < 1.29 is 33.4 Å². The molecule has 1 saturated carbocycles. The topological polar surface area (TPSA) is 158 Å². The molecule has 5 N–H and O–H groups in total. The van der Waals surface area contributed by atoms with E-state index in [1.807, 2.05) is 13.8 Å². The lowest BCUT2D eigenvalue weighted by molar-refractivity contribution is -0.149. The number of hydrogen-bond donors (Lipinski definition) is 4. The molecule has 0 bridgehead atoms. The van der Waals surface area contributed by atoms with Gasteiger partial charge in [0.15, 0.2) is 0 Å². The lowest BCUT2D eigenvalue weighted by Gasteiger charge is -2.37. The molecule has 1 aliphatic carbocycles. The van der Waals surface area contributed by atoms with Gasteiger partial charge in [0.05, 0.1) is 13.0 Å². The van der Waals surface area contributed by atoms with Gasteiger partial charge in [-0.15, -0.1) is 0 Å². The minimum absolute atomic E-state index is 0.0138. The van der Waals surface area contributed by atoms with Crippen molar-refractivity contribution in [3.05, 3.63) is 0 Å². The number of amides is 3. The summed E-state index contributed by atoms with van der Waals surface area (Å²) in [6.07, 6.45) is 3.02. The van der Waals surface area contributed by atoms with Crippen LogP contribution in [0.15, 0.2) is 0 Å². The van der Waals surface area contributed by atoms with Crippen LogP contribution in [-0.2, 0) is 23.8 Å². The summed E-state index contributed by atoms with van der Waals surface area (Å²) in [6.45, 7) is 11.8. The molecule has 0 saturated heterocycles. The highest BCUT2D eigenvalue weighted by atomic mass is 16.6. The van der Waals surface area contributed by atoms with Crippen LogP contribution in [0.4, 0.5) is 9.59 Å². The Morgan fingerprint density at radius 1 is 1.00 bits per heavy atom. The number of carbonyl (C=O) groups is 4. The lowest BCUT2D eigenvalue weighted by atomic mass is 9.80. The Labute approximate surface area is 227 Å². The average Bonchev–Trinajstić information content (AvgIpc) is 3.16. The van der Waals surface area contributed by atoms with Crippen molar-refractivity contribution in [2.75, 3.05) is 20.2 Å². The predicted molar refractivity (Wildman–Crippen MR) is 144 cm³/mol. The lowest BCUT2D eigenvalue weighted by Crippen LogP contribution is -2.55. The first-order valence-electron chi connectivity index (χ1n) is 13.9. The third kappa shape index (κ3) is 11.0. The van der Waals surface area contributed by atoms with Crippen molar-refractivity contribution in [1.82, 2.24) is 16.0 Å². The molecular formula is C27H50N4O7. The highest BCUT2D eigenvalue weighted by molar-refractivity contribution is 5.76. The molecule has 1 rings (SSSR count). The van der Waals surface area contributed by atoms with Crippen molar-refractivity contribution in [2.45, 2.75) is 110 Å². The molecule has 0 spiro atoms. The Kier molecular flexibility index (Phi) is 14.5. The SMILES string of the molecule is CCC(CC)C(NC(C)=O)C1C(NC(=O)OC(C)(C)C)CC(C(=O)OC)C1OC(=O)NCCCCCCN. The minimum atomic E-state index is -0.933. The summed E-state index contributed by atoms with van der Waals surface area (Å²) in [5.41, 5.74) is 4.79. The Morgan fingerprint density at radius 3 is 2.16 bits per heavy atom. The molecule has 3 amide bonds. The molecule has 5 unspecified atom stereocenters. The van der Waals surface area contributed by atoms with E-state index >= 15 is 0 Å². The molecular weight excluding hydrogens is 492 g/mol. The molecule has 38 heavy (non-hydrogen) atoms. The zero-order chi connectivity index (χ0) is 28.9. The fourth-order valence-electron chi connectivity index (χ4n) is 5.21. The monoisotopic (exact) mass is 542 g/mol. The highest BCUT2D eigenvalue weighted by Crippen LogP contribution is 2.40. The maximum atomic E-state index is 12.9. The van der Waals surface area contributed by atoms with Gasteiger partial charge in [-0.05, 0) is 52.5 Å². The Hall–Kier alpha value is -2.56. The summed E-state index contributed by atoms with van der Waals surface area (Å²) in [7, 11) is 1.27. The molecule has 5 atom stereocenters. The van der Waals surface area contributed by atoms with Crippen molar-refractivity contribution >= 4 is 24.1 Å². The van der Waals surface area contributed by atoms with Gasteiger partial charge < -0.3 is 35.9 Å². The molecule has 0 aromatic carbocycles. The number of esters is 1. The zero-order valence-electron chi connectivity index (χ0n) is 24.3. The summed E-state index contributed by atoms with van der Waals surface area (Å²) >= 11 is 0. The smallest absolute Gasteiger partial charge is 0.407 e. The third-order valence-electron chi connectivity index (χ3n) is 6.94. The van der Waals surface area contributed by atoms with Gasteiger partial charge in [-0.2, -0.15) is 0 Å². The number of unbranched alkanes of at least 4 members (excludes halogenated alkanes) is 3. The maximum absolute atomic E-state index is 12.9. The van der Waals surface area contributed by atoms with Crippen LogP contribution in [0.25, 0.3) is 0 Å². The van der Waals surface area contributed by atoms with Crippen LogP contribution < -0.4 is 21.7 Å². The van der Waals surface area contributed by atoms with Crippen LogP contribution in [0.5, 0.6) is 0 Å². The van der Waals surface area contributed by atoms with Crippen molar-refractivity contribution in [1.29, 1.82) is 0 Å². The molecule has 11 heteroatoms. The van der Waals surface area contributed by atoms with E-state index in [0.717, 1.165) is 38.5 Å². The van der Waals surface area contributed by atoms with Crippen LogP contribution in [0.3, 0.4) is 0 Å². The van der Waals surface area contributed by atoms with Crippen molar-refractivity contribution in [3.63, 3.8) is 0 Å². The van der Waals surface area contributed by atoms with Gasteiger partial charge in [-0.1, -0.05) is 39.5 Å². The molecule has 0 aliphatic heterocycles. The van der Waals surface area contributed by atoms with Crippen LogP contribution in [0.2, 0.25) is 0 Å². The second kappa shape index (κ2) is 16.4. The largest absolute Gasteiger partial charge is 0.469 e. The number of methoxy groups -OCH3 is 1. The Bertz CT molecular complexity index is 767. The number of hydrogen-bond acceptors (Lipinski definition) is 8. The van der Waals surface area contributed by atoms with Gasteiger partial charge in [0.1, 0.15) is 11.7 Å². The number of carbonyl (C=O) groups excluding carboxylic acids is 4. The summed E-state index contributed by atoms with van der Waals surface area (Å²) in [4.78, 5) is 50.8. The first kappa shape index (κ1) is 33.5. The second-order valence-corrected chi connectivity index (χ2v) is 11.0. The second-order valence-electron chi connectivity index (χ2n) is 11.0. The average molecular weight is 543 g/mol. The van der Waals surface area contributed by atoms with Crippen LogP contribution in [0, 0.1) is 17.8 Å². The first-order chi connectivity index (χ1) is 17.9. The maximum Gasteiger partial charge on any atom is 0.407 e. The van der Waals surface area contributed by atoms with E-state index in [-0.39, 0.29) is 18.2 Å². The van der Waals surface area contributed by atoms with E-state index in [2.05, 4.69) is 16.0 Å². The quantitative estimate of drug-likeness (QED) is 0.148. The van der Waals surface area contributed by atoms with Crippen molar-refractivity contribution in [3.8, 4) is 0 Å². The van der Waals surface area contributed by atoms with Gasteiger partial charge in [-0.25, -0.2) is 9.59 Å². The standard InChI is InChI=1S/C27H50N4O7/c1-8-18(9-2)22(30-17(3)32)21-20(31-26(35)38-27(4,5)6)16-19(24(33)36-7)23(21)37-25(34)29-15-13-11-10-12-14-28/h18-23H,8-16,28H2,1-7H3,(H,29,34)(H,30,32)(H,31,35). The highest BCUT2D eigenvalue weighted by Gasteiger charge is 2.54. The Balaban J connectivity index is 3.29.